The molecule has 4 nitrogen and oxygen atoms in total. The lowest BCUT2D eigenvalue weighted by Gasteiger charge is -2.08. The molecule has 0 aliphatic carbocycles. The van der Waals surface area contributed by atoms with Crippen LogP contribution in [-0.2, 0) is 4.79 Å². The largest absolute Gasteiger partial charge is 0.394 e. The lowest BCUT2D eigenvalue weighted by molar-refractivity contribution is -0.118. The summed E-state index contributed by atoms with van der Waals surface area (Å²) in [6, 6.07) is 4.31. The first-order chi connectivity index (χ1) is 6.63. The molecule has 0 fully saturated rings. The van der Waals surface area contributed by atoms with Gasteiger partial charge in [0.05, 0.1) is 6.61 Å². The number of hydrogen-bond acceptors (Lipinski definition) is 3. The van der Waals surface area contributed by atoms with Crippen molar-refractivity contribution in [3.8, 4) is 0 Å². The summed E-state index contributed by atoms with van der Waals surface area (Å²) in [4.78, 5) is 11.1. The van der Waals surface area contributed by atoms with E-state index in [1.807, 2.05) is 0 Å². The molecule has 1 rings (SSSR count). The zero-order valence-corrected chi connectivity index (χ0v) is 7.40. The van der Waals surface area contributed by atoms with E-state index in [0.29, 0.717) is 5.69 Å². The first kappa shape index (κ1) is 10.6. The van der Waals surface area contributed by atoms with Gasteiger partial charge in [0.2, 0.25) is 5.91 Å². The van der Waals surface area contributed by atoms with Gasteiger partial charge in [-0.05, 0) is 24.3 Å². The Kier molecular flexibility index (Phi) is 3.55. The van der Waals surface area contributed by atoms with E-state index in [9.17, 15) is 9.18 Å². The minimum absolute atomic E-state index is 0.380. The van der Waals surface area contributed by atoms with E-state index >= 15 is 0 Å². The Morgan fingerprint density at radius 1 is 1.50 bits per heavy atom. The number of aliphatic hydroxyl groups excluding tert-OH is 1. The van der Waals surface area contributed by atoms with E-state index in [1.54, 1.807) is 0 Å². The number of carbonyl (C=O) groups is 1. The Bertz CT molecular complexity index is 313. The summed E-state index contributed by atoms with van der Waals surface area (Å²) in [5.74, 6) is -0.881. The van der Waals surface area contributed by atoms with Crippen molar-refractivity contribution in [1.82, 2.24) is 0 Å². The van der Waals surface area contributed by atoms with Crippen LogP contribution in [0.5, 0.6) is 0 Å². The summed E-state index contributed by atoms with van der Waals surface area (Å²) in [5, 5.41) is 11.0. The highest BCUT2D eigenvalue weighted by atomic mass is 19.1. The molecular formula is C9H11FN2O2. The number of aliphatic hydroxyl groups is 1. The van der Waals surface area contributed by atoms with Crippen molar-refractivity contribution in [2.45, 2.75) is 6.04 Å². The molecule has 1 amide bonds. The number of hydrogen-bond donors (Lipinski definition) is 3. The third kappa shape index (κ3) is 2.79. The molecule has 0 heterocycles. The minimum atomic E-state index is -0.958. The van der Waals surface area contributed by atoms with Crippen LogP contribution in [-0.4, -0.2) is 23.7 Å². The second-order valence-corrected chi connectivity index (χ2v) is 2.79. The zero-order valence-electron chi connectivity index (χ0n) is 7.40. The molecule has 0 spiro atoms. The summed E-state index contributed by atoms with van der Waals surface area (Å²) >= 11 is 0. The van der Waals surface area contributed by atoms with Crippen molar-refractivity contribution in [2.24, 2.45) is 5.73 Å². The van der Waals surface area contributed by atoms with Gasteiger partial charge in [-0.15, -0.1) is 0 Å². The van der Waals surface area contributed by atoms with Gasteiger partial charge < -0.3 is 16.2 Å². The molecule has 5 heteroatoms. The highest BCUT2D eigenvalue weighted by Gasteiger charge is 2.11. The number of carbonyl (C=O) groups excluding carboxylic acids is 1. The van der Waals surface area contributed by atoms with Gasteiger partial charge in [0, 0.05) is 5.69 Å². The van der Waals surface area contributed by atoms with Crippen LogP contribution in [0.25, 0.3) is 0 Å². The molecule has 0 aliphatic heterocycles. The van der Waals surface area contributed by atoms with E-state index in [1.165, 1.54) is 24.3 Å². The summed E-state index contributed by atoms with van der Waals surface area (Å²) in [5.41, 5.74) is 5.70. The normalized spacial score (nSPS) is 12.2. The van der Waals surface area contributed by atoms with Gasteiger partial charge in [-0.3, -0.25) is 4.79 Å². The third-order valence-corrected chi connectivity index (χ3v) is 1.65. The van der Waals surface area contributed by atoms with Crippen molar-refractivity contribution in [2.75, 3.05) is 11.9 Å². The molecule has 1 unspecified atom stereocenters. The second-order valence-electron chi connectivity index (χ2n) is 2.79. The highest BCUT2D eigenvalue weighted by molar-refractivity contribution is 5.94. The molecule has 1 aromatic carbocycles. The van der Waals surface area contributed by atoms with Crippen LogP contribution >= 0.6 is 0 Å². The first-order valence-electron chi connectivity index (χ1n) is 4.06. The minimum Gasteiger partial charge on any atom is -0.394 e. The average molecular weight is 198 g/mol. The van der Waals surface area contributed by atoms with Gasteiger partial charge >= 0.3 is 0 Å². The fraction of sp³-hybridized carbons (Fsp3) is 0.222. The van der Waals surface area contributed by atoms with Gasteiger partial charge in [-0.2, -0.15) is 0 Å². The standard InChI is InChI=1S/C9H11FN2O2/c10-6-1-3-7(4-2-6)12-9(14)8(11)5-13/h1-4,8,13H,5,11H2,(H,12,14). The number of amides is 1. The number of nitrogens with one attached hydrogen (secondary N) is 1. The van der Waals surface area contributed by atoms with E-state index in [4.69, 9.17) is 10.8 Å². The van der Waals surface area contributed by atoms with Crippen LogP contribution in [0.3, 0.4) is 0 Å². The molecule has 0 aliphatic rings. The average Bonchev–Trinajstić information content (AvgIpc) is 2.20. The molecule has 1 atom stereocenters. The predicted molar refractivity (Wildman–Crippen MR) is 50.1 cm³/mol. The highest BCUT2D eigenvalue weighted by Crippen LogP contribution is 2.08. The maximum absolute atomic E-state index is 12.5. The molecule has 14 heavy (non-hydrogen) atoms. The van der Waals surface area contributed by atoms with Crippen LogP contribution in [0.2, 0.25) is 0 Å². The van der Waals surface area contributed by atoms with Crippen molar-refractivity contribution in [3.63, 3.8) is 0 Å². The molecule has 0 radical (unpaired) electrons. The Morgan fingerprint density at radius 2 is 2.07 bits per heavy atom. The van der Waals surface area contributed by atoms with E-state index in [0.717, 1.165) is 0 Å². The summed E-state index contributed by atoms with van der Waals surface area (Å²) < 4.78 is 12.5. The Morgan fingerprint density at radius 3 is 2.57 bits per heavy atom. The first-order valence-corrected chi connectivity index (χ1v) is 4.06. The fourth-order valence-corrected chi connectivity index (χ4v) is 0.851. The van der Waals surface area contributed by atoms with Crippen molar-refractivity contribution < 1.29 is 14.3 Å². The fourth-order valence-electron chi connectivity index (χ4n) is 0.851. The Labute approximate surface area is 80.5 Å². The van der Waals surface area contributed by atoms with Crippen molar-refractivity contribution in [3.05, 3.63) is 30.1 Å². The van der Waals surface area contributed by atoms with Gasteiger partial charge in [-0.1, -0.05) is 0 Å². The SMILES string of the molecule is NC(CO)C(=O)Nc1ccc(F)cc1. The van der Waals surface area contributed by atoms with Crippen LogP contribution in [0.4, 0.5) is 10.1 Å². The van der Waals surface area contributed by atoms with Gasteiger partial charge in [-0.25, -0.2) is 4.39 Å². The van der Waals surface area contributed by atoms with Crippen LogP contribution in [0.1, 0.15) is 0 Å². The van der Waals surface area contributed by atoms with E-state index in [-0.39, 0.29) is 5.82 Å². The Balaban J connectivity index is 2.60. The lowest BCUT2D eigenvalue weighted by atomic mass is 10.2. The van der Waals surface area contributed by atoms with Gasteiger partial charge in [0.1, 0.15) is 11.9 Å². The second kappa shape index (κ2) is 4.69. The maximum atomic E-state index is 12.5. The number of halogens is 1. The topological polar surface area (TPSA) is 75.3 Å². The monoisotopic (exact) mass is 198 g/mol. The number of rotatable bonds is 3. The summed E-state index contributed by atoms with van der Waals surface area (Å²) in [6.45, 7) is -0.424. The molecule has 0 saturated heterocycles. The predicted octanol–water partition coefficient (Wildman–Crippen LogP) is 0.0838. The molecule has 0 bridgehead atoms. The summed E-state index contributed by atoms with van der Waals surface area (Å²) in [7, 11) is 0. The lowest BCUT2D eigenvalue weighted by Crippen LogP contribution is -2.38. The molecular weight excluding hydrogens is 187 g/mol. The zero-order chi connectivity index (χ0) is 10.6. The third-order valence-electron chi connectivity index (χ3n) is 1.65. The molecule has 0 aromatic heterocycles. The molecule has 1 aromatic rings. The van der Waals surface area contributed by atoms with Crippen molar-refractivity contribution >= 4 is 11.6 Å². The maximum Gasteiger partial charge on any atom is 0.243 e. The number of benzene rings is 1. The van der Waals surface area contributed by atoms with Crippen LogP contribution in [0.15, 0.2) is 24.3 Å². The molecule has 76 valence electrons. The van der Waals surface area contributed by atoms with Crippen molar-refractivity contribution in [1.29, 1.82) is 0 Å². The number of anilines is 1. The number of nitrogens with two attached hydrogens (primary N) is 1. The molecule has 0 saturated carbocycles. The van der Waals surface area contributed by atoms with Gasteiger partial charge in [0.15, 0.2) is 0 Å². The van der Waals surface area contributed by atoms with Crippen LogP contribution < -0.4 is 11.1 Å². The van der Waals surface area contributed by atoms with E-state index < -0.39 is 18.6 Å². The van der Waals surface area contributed by atoms with Gasteiger partial charge in [0.25, 0.3) is 0 Å². The van der Waals surface area contributed by atoms with Crippen LogP contribution in [0, 0.1) is 5.82 Å². The Hall–Kier alpha value is -1.46. The van der Waals surface area contributed by atoms with E-state index in [2.05, 4.69) is 5.32 Å². The smallest absolute Gasteiger partial charge is 0.243 e. The molecule has 4 N–H and O–H groups in total. The quantitative estimate of drug-likeness (QED) is 0.644. The summed E-state index contributed by atoms with van der Waals surface area (Å²) in [6.07, 6.45) is 0.